The van der Waals surface area contributed by atoms with E-state index < -0.39 is 23.2 Å². The normalized spacial score (nSPS) is 12.3. The summed E-state index contributed by atoms with van der Waals surface area (Å²) in [4.78, 5) is 24.2. The lowest BCUT2D eigenvalue weighted by Crippen LogP contribution is -2.31. The van der Waals surface area contributed by atoms with Gasteiger partial charge in [-0.2, -0.15) is 13.2 Å². The van der Waals surface area contributed by atoms with E-state index in [9.17, 15) is 22.8 Å². The number of carbonyl (C=O) groups is 2. The van der Waals surface area contributed by atoms with Gasteiger partial charge < -0.3 is 10.6 Å². The maximum Gasteiger partial charge on any atom is 0.417 e. The predicted octanol–water partition coefficient (Wildman–Crippen LogP) is 4.16. The highest BCUT2D eigenvalue weighted by Crippen LogP contribution is 2.31. The molecule has 1 unspecified atom stereocenters. The van der Waals surface area contributed by atoms with Crippen LogP contribution in [0.2, 0.25) is 0 Å². The maximum absolute atomic E-state index is 13.0. The highest BCUT2D eigenvalue weighted by Gasteiger charge is 2.34. The lowest BCUT2D eigenvalue weighted by Gasteiger charge is -2.13. The summed E-state index contributed by atoms with van der Waals surface area (Å²) in [6, 6.07) is 11.2. The van der Waals surface area contributed by atoms with Crippen molar-refractivity contribution in [3.05, 3.63) is 70.8 Å². The second-order valence-corrected chi connectivity index (χ2v) is 6.21. The van der Waals surface area contributed by atoms with Gasteiger partial charge in [0, 0.05) is 18.2 Å². The van der Waals surface area contributed by atoms with E-state index in [0.29, 0.717) is 11.1 Å². The van der Waals surface area contributed by atoms with Gasteiger partial charge in [-0.05, 0) is 43.2 Å². The van der Waals surface area contributed by atoms with Crippen LogP contribution in [0.1, 0.15) is 52.1 Å². The molecular weight excluding hydrogens is 357 g/mol. The fraction of sp³-hybridized carbons (Fsp3) is 0.300. The molecule has 0 saturated carbocycles. The number of benzene rings is 2. The van der Waals surface area contributed by atoms with E-state index >= 15 is 0 Å². The average molecular weight is 378 g/mol. The summed E-state index contributed by atoms with van der Waals surface area (Å²) < 4.78 is 39.0. The van der Waals surface area contributed by atoms with Crippen molar-refractivity contribution in [3.8, 4) is 0 Å². The Kier molecular flexibility index (Phi) is 6.60. The number of carbonyl (C=O) groups excluding carboxylic acids is 2. The second kappa shape index (κ2) is 8.70. The smallest absolute Gasteiger partial charge is 0.350 e. The van der Waals surface area contributed by atoms with E-state index in [1.165, 1.54) is 12.1 Å². The zero-order valence-electron chi connectivity index (χ0n) is 15.1. The van der Waals surface area contributed by atoms with Crippen LogP contribution in [0.4, 0.5) is 13.2 Å². The zero-order chi connectivity index (χ0) is 20.0. The van der Waals surface area contributed by atoms with Gasteiger partial charge in [-0.15, -0.1) is 0 Å². The van der Waals surface area contributed by atoms with Gasteiger partial charge in [-0.3, -0.25) is 9.59 Å². The van der Waals surface area contributed by atoms with Crippen LogP contribution in [0, 0.1) is 0 Å². The van der Waals surface area contributed by atoms with Crippen LogP contribution >= 0.6 is 0 Å². The lowest BCUT2D eigenvalue weighted by atomic mass is 10.1. The molecule has 7 heteroatoms. The number of alkyl halides is 3. The zero-order valence-corrected chi connectivity index (χ0v) is 15.1. The summed E-state index contributed by atoms with van der Waals surface area (Å²) in [5.74, 6) is -0.999. The van der Waals surface area contributed by atoms with E-state index in [0.717, 1.165) is 18.6 Å². The molecule has 0 aliphatic rings. The Hall–Kier alpha value is -2.83. The number of hydrogen-bond acceptors (Lipinski definition) is 2. The molecule has 0 saturated heterocycles. The van der Waals surface area contributed by atoms with Gasteiger partial charge in [0.05, 0.1) is 11.1 Å². The van der Waals surface area contributed by atoms with E-state index in [-0.39, 0.29) is 18.5 Å². The first kappa shape index (κ1) is 20.5. The quantitative estimate of drug-likeness (QED) is 0.793. The predicted molar refractivity (Wildman–Crippen MR) is 96.3 cm³/mol. The second-order valence-electron chi connectivity index (χ2n) is 6.21. The van der Waals surface area contributed by atoms with Crippen molar-refractivity contribution in [1.82, 2.24) is 10.6 Å². The monoisotopic (exact) mass is 378 g/mol. The van der Waals surface area contributed by atoms with Gasteiger partial charge in [0.25, 0.3) is 11.8 Å². The van der Waals surface area contributed by atoms with Crippen molar-refractivity contribution in [2.24, 2.45) is 0 Å². The first-order valence-electron chi connectivity index (χ1n) is 8.56. The van der Waals surface area contributed by atoms with E-state index in [1.807, 2.05) is 13.8 Å². The molecule has 0 heterocycles. The fourth-order valence-corrected chi connectivity index (χ4v) is 2.39. The van der Waals surface area contributed by atoms with Crippen molar-refractivity contribution in [2.75, 3.05) is 0 Å². The SMILES string of the molecule is CCC(C)NC(=O)c1ccc(CNC(=O)c2ccccc2C(F)(F)F)cc1. The minimum atomic E-state index is -4.60. The van der Waals surface area contributed by atoms with Gasteiger partial charge >= 0.3 is 6.18 Å². The minimum absolute atomic E-state index is 0.0539. The Bertz CT molecular complexity index is 802. The van der Waals surface area contributed by atoms with Crippen molar-refractivity contribution < 1.29 is 22.8 Å². The Morgan fingerprint density at radius 3 is 2.22 bits per heavy atom. The summed E-state index contributed by atoms with van der Waals surface area (Å²) in [5, 5.41) is 5.32. The molecule has 27 heavy (non-hydrogen) atoms. The Morgan fingerprint density at radius 1 is 1.00 bits per heavy atom. The van der Waals surface area contributed by atoms with Gasteiger partial charge in [0.2, 0.25) is 0 Å². The van der Waals surface area contributed by atoms with Gasteiger partial charge in [-0.25, -0.2) is 0 Å². The molecule has 2 aromatic carbocycles. The average Bonchev–Trinajstić information content (AvgIpc) is 2.65. The number of rotatable bonds is 6. The van der Waals surface area contributed by atoms with Crippen molar-refractivity contribution >= 4 is 11.8 Å². The molecule has 2 rings (SSSR count). The molecular formula is C20H21F3N2O2. The van der Waals surface area contributed by atoms with Crippen LogP contribution in [0.15, 0.2) is 48.5 Å². The van der Waals surface area contributed by atoms with Crippen molar-refractivity contribution in [2.45, 2.75) is 39.0 Å². The molecule has 0 bridgehead atoms. The molecule has 0 aliphatic heterocycles. The number of hydrogen-bond donors (Lipinski definition) is 2. The number of nitrogens with one attached hydrogen (secondary N) is 2. The summed E-state index contributed by atoms with van der Waals surface area (Å²) in [6.07, 6.45) is -3.78. The van der Waals surface area contributed by atoms with E-state index in [4.69, 9.17) is 0 Å². The van der Waals surface area contributed by atoms with Gasteiger partial charge in [-0.1, -0.05) is 31.2 Å². The summed E-state index contributed by atoms with van der Waals surface area (Å²) >= 11 is 0. The summed E-state index contributed by atoms with van der Waals surface area (Å²) in [6.45, 7) is 3.92. The maximum atomic E-state index is 13.0. The third-order valence-corrected chi connectivity index (χ3v) is 4.14. The fourth-order valence-electron chi connectivity index (χ4n) is 2.39. The standard InChI is InChI=1S/C20H21F3N2O2/c1-3-13(2)25-18(26)15-10-8-14(9-11-15)12-24-19(27)16-6-4-5-7-17(16)20(21,22)23/h4-11,13H,3,12H2,1-2H3,(H,24,27)(H,25,26). The molecule has 0 fully saturated rings. The minimum Gasteiger partial charge on any atom is -0.350 e. The molecule has 2 N–H and O–H groups in total. The third-order valence-electron chi connectivity index (χ3n) is 4.14. The molecule has 0 spiro atoms. The van der Waals surface area contributed by atoms with E-state index in [1.54, 1.807) is 24.3 Å². The van der Waals surface area contributed by atoms with Crippen LogP contribution in [0.25, 0.3) is 0 Å². The summed E-state index contributed by atoms with van der Waals surface area (Å²) in [7, 11) is 0. The van der Waals surface area contributed by atoms with Crippen LogP contribution < -0.4 is 10.6 Å². The van der Waals surface area contributed by atoms with Gasteiger partial charge in [0.1, 0.15) is 0 Å². The Labute approximate surface area is 155 Å². The highest BCUT2D eigenvalue weighted by molar-refractivity contribution is 5.96. The Morgan fingerprint density at radius 2 is 1.63 bits per heavy atom. The van der Waals surface area contributed by atoms with Crippen LogP contribution in [0.5, 0.6) is 0 Å². The highest BCUT2D eigenvalue weighted by atomic mass is 19.4. The van der Waals surface area contributed by atoms with Crippen LogP contribution in [-0.2, 0) is 12.7 Å². The molecule has 0 aromatic heterocycles. The largest absolute Gasteiger partial charge is 0.417 e. The molecule has 2 aromatic rings. The van der Waals surface area contributed by atoms with Crippen LogP contribution in [0.3, 0.4) is 0 Å². The third kappa shape index (κ3) is 5.57. The van der Waals surface area contributed by atoms with Crippen molar-refractivity contribution in [1.29, 1.82) is 0 Å². The molecule has 0 radical (unpaired) electrons. The Balaban J connectivity index is 2.01. The van der Waals surface area contributed by atoms with Crippen molar-refractivity contribution in [3.63, 3.8) is 0 Å². The number of halogens is 3. The first-order chi connectivity index (χ1) is 12.7. The lowest BCUT2D eigenvalue weighted by molar-refractivity contribution is -0.137. The van der Waals surface area contributed by atoms with Crippen LogP contribution in [-0.4, -0.2) is 17.9 Å². The van der Waals surface area contributed by atoms with Gasteiger partial charge in [0.15, 0.2) is 0 Å². The topological polar surface area (TPSA) is 58.2 Å². The number of amides is 2. The molecule has 1 atom stereocenters. The molecule has 2 amide bonds. The first-order valence-corrected chi connectivity index (χ1v) is 8.56. The molecule has 4 nitrogen and oxygen atoms in total. The summed E-state index contributed by atoms with van der Waals surface area (Å²) in [5.41, 5.74) is -0.241. The molecule has 144 valence electrons. The van der Waals surface area contributed by atoms with E-state index in [2.05, 4.69) is 10.6 Å². The molecule has 0 aliphatic carbocycles.